The van der Waals surface area contributed by atoms with E-state index in [9.17, 15) is 4.79 Å². The van der Waals surface area contributed by atoms with Crippen LogP contribution in [-0.4, -0.2) is 67.2 Å². The van der Waals surface area contributed by atoms with Crippen LogP contribution >= 0.6 is 0 Å². The molecule has 0 spiro atoms. The summed E-state index contributed by atoms with van der Waals surface area (Å²) in [7, 11) is 0. The number of ether oxygens (including phenoxy) is 1. The SMILES string of the molecule is CC1CN(C(=O)[C@@H](N)C(C)C)CC1N1CCOCC1. The average molecular weight is 269 g/mol. The number of likely N-dealkylation sites (tertiary alicyclic amines) is 1. The van der Waals surface area contributed by atoms with Crippen molar-refractivity contribution in [3.05, 3.63) is 0 Å². The maximum atomic E-state index is 12.3. The highest BCUT2D eigenvalue weighted by Gasteiger charge is 2.38. The fourth-order valence-electron chi connectivity index (χ4n) is 3.01. The van der Waals surface area contributed by atoms with Gasteiger partial charge in [0.2, 0.25) is 5.91 Å². The molecule has 2 N–H and O–H groups in total. The van der Waals surface area contributed by atoms with Crippen molar-refractivity contribution >= 4 is 5.91 Å². The largest absolute Gasteiger partial charge is 0.379 e. The molecule has 0 aromatic rings. The molecule has 2 fully saturated rings. The minimum Gasteiger partial charge on any atom is -0.379 e. The zero-order chi connectivity index (χ0) is 14.0. The van der Waals surface area contributed by atoms with E-state index in [0.29, 0.717) is 12.0 Å². The van der Waals surface area contributed by atoms with Crippen LogP contribution < -0.4 is 5.73 Å². The Labute approximate surface area is 116 Å². The topological polar surface area (TPSA) is 58.8 Å². The normalized spacial score (nSPS) is 30.9. The van der Waals surface area contributed by atoms with Crippen LogP contribution in [0.5, 0.6) is 0 Å². The number of nitrogens with two attached hydrogens (primary N) is 1. The Kier molecular flexibility index (Phi) is 4.81. The van der Waals surface area contributed by atoms with E-state index >= 15 is 0 Å². The van der Waals surface area contributed by atoms with Gasteiger partial charge in [-0.15, -0.1) is 0 Å². The lowest BCUT2D eigenvalue weighted by atomic mass is 10.0. The molecule has 5 heteroatoms. The van der Waals surface area contributed by atoms with E-state index < -0.39 is 0 Å². The lowest BCUT2D eigenvalue weighted by Gasteiger charge is -2.34. The maximum Gasteiger partial charge on any atom is 0.239 e. The molecule has 0 radical (unpaired) electrons. The van der Waals surface area contributed by atoms with E-state index in [1.807, 2.05) is 18.7 Å². The van der Waals surface area contributed by atoms with Crippen molar-refractivity contribution in [1.82, 2.24) is 9.80 Å². The van der Waals surface area contributed by atoms with E-state index in [4.69, 9.17) is 10.5 Å². The van der Waals surface area contributed by atoms with Gasteiger partial charge in [0.25, 0.3) is 0 Å². The summed E-state index contributed by atoms with van der Waals surface area (Å²) in [5.74, 6) is 0.823. The molecule has 2 saturated heterocycles. The summed E-state index contributed by atoms with van der Waals surface area (Å²) in [5, 5.41) is 0. The predicted molar refractivity (Wildman–Crippen MR) is 74.7 cm³/mol. The number of rotatable bonds is 3. The van der Waals surface area contributed by atoms with Gasteiger partial charge in [0.05, 0.1) is 19.3 Å². The highest BCUT2D eigenvalue weighted by Crippen LogP contribution is 2.23. The maximum absolute atomic E-state index is 12.3. The number of nitrogens with zero attached hydrogens (tertiary/aromatic N) is 2. The van der Waals surface area contributed by atoms with Gasteiger partial charge in [0.15, 0.2) is 0 Å². The Morgan fingerprint density at radius 1 is 1.26 bits per heavy atom. The van der Waals surface area contributed by atoms with Gasteiger partial charge >= 0.3 is 0 Å². The molecule has 2 heterocycles. The van der Waals surface area contributed by atoms with Crippen LogP contribution in [0.1, 0.15) is 20.8 Å². The van der Waals surface area contributed by atoms with Crippen LogP contribution in [0.15, 0.2) is 0 Å². The van der Waals surface area contributed by atoms with E-state index in [-0.39, 0.29) is 17.9 Å². The van der Waals surface area contributed by atoms with Gasteiger partial charge in [-0.05, 0) is 11.8 Å². The Hall–Kier alpha value is -0.650. The third kappa shape index (κ3) is 3.27. The van der Waals surface area contributed by atoms with Crippen molar-refractivity contribution in [2.45, 2.75) is 32.9 Å². The first-order valence-electron chi connectivity index (χ1n) is 7.37. The standard InChI is InChI=1S/C14H27N3O2/c1-10(2)13(15)14(18)17-8-11(3)12(9-17)16-4-6-19-7-5-16/h10-13H,4-9,15H2,1-3H3/t11?,12?,13-/m0/s1. The van der Waals surface area contributed by atoms with E-state index in [0.717, 1.165) is 39.4 Å². The monoisotopic (exact) mass is 269 g/mol. The Bertz CT molecular complexity index is 316. The first-order valence-corrected chi connectivity index (χ1v) is 7.37. The zero-order valence-corrected chi connectivity index (χ0v) is 12.3. The molecule has 0 bridgehead atoms. The van der Waals surface area contributed by atoms with Crippen LogP contribution in [0.3, 0.4) is 0 Å². The molecule has 1 amide bonds. The van der Waals surface area contributed by atoms with E-state index in [1.165, 1.54) is 0 Å². The van der Waals surface area contributed by atoms with Gasteiger partial charge in [-0.1, -0.05) is 20.8 Å². The third-order valence-electron chi connectivity index (χ3n) is 4.40. The summed E-state index contributed by atoms with van der Waals surface area (Å²) in [4.78, 5) is 16.7. The lowest BCUT2D eigenvalue weighted by molar-refractivity contribution is -0.132. The first kappa shape index (κ1) is 14.8. The number of hydrogen-bond acceptors (Lipinski definition) is 4. The summed E-state index contributed by atoms with van der Waals surface area (Å²) < 4.78 is 5.40. The van der Waals surface area contributed by atoms with Crippen molar-refractivity contribution in [1.29, 1.82) is 0 Å². The fourth-order valence-corrected chi connectivity index (χ4v) is 3.01. The first-order chi connectivity index (χ1) is 9.00. The third-order valence-corrected chi connectivity index (χ3v) is 4.40. The summed E-state index contributed by atoms with van der Waals surface area (Å²) in [6.07, 6.45) is 0. The van der Waals surface area contributed by atoms with Gasteiger partial charge in [-0.3, -0.25) is 9.69 Å². The number of carbonyl (C=O) groups is 1. The Balaban J connectivity index is 1.94. The molecule has 0 saturated carbocycles. The molecule has 2 aliphatic rings. The molecule has 2 rings (SSSR count). The van der Waals surface area contributed by atoms with Gasteiger partial charge < -0.3 is 15.4 Å². The molecule has 2 unspecified atom stereocenters. The number of morpholine rings is 1. The quantitative estimate of drug-likeness (QED) is 0.792. The second-order valence-electron chi connectivity index (χ2n) is 6.21. The van der Waals surface area contributed by atoms with Crippen molar-refractivity contribution in [2.75, 3.05) is 39.4 Å². The van der Waals surface area contributed by atoms with Crippen molar-refractivity contribution < 1.29 is 9.53 Å². The lowest BCUT2D eigenvalue weighted by Crippen LogP contribution is -2.49. The molecule has 110 valence electrons. The number of carbonyl (C=O) groups excluding carboxylic acids is 1. The van der Waals surface area contributed by atoms with Gasteiger partial charge in [0.1, 0.15) is 0 Å². The average Bonchev–Trinajstić information content (AvgIpc) is 2.80. The summed E-state index contributed by atoms with van der Waals surface area (Å²) in [6.45, 7) is 11.5. The number of amides is 1. The van der Waals surface area contributed by atoms with Gasteiger partial charge in [0, 0.05) is 32.2 Å². The second kappa shape index (κ2) is 6.20. The van der Waals surface area contributed by atoms with E-state index in [2.05, 4.69) is 11.8 Å². The Morgan fingerprint density at radius 2 is 1.89 bits per heavy atom. The number of hydrogen-bond donors (Lipinski definition) is 1. The van der Waals surface area contributed by atoms with E-state index in [1.54, 1.807) is 0 Å². The second-order valence-corrected chi connectivity index (χ2v) is 6.21. The summed E-state index contributed by atoms with van der Waals surface area (Å²) in [5.41, 5.74) is 5.98. The van der Waals surface area contributed by atoms with Crippen LogP contribution in [0.25, 0.3) is 0 Å². The highest BCUT2D eigenvalue weighted by molar-refractivity contribution is 5.82. The molecule has 2 aliphatic heterocycles. The fraction of sp³-hybridized carbons (Fsp3) is 0.929. The molecule has 0 aliphatic carbocycles. The van der Waals surface area contributed by atoms with Crippen LogP contribution in [-0.2, 0) is 9.53 Å². The predicted octanol–water partition coefficient (Wildman–Crippen LogP) is 0.149. The minimum atomic E-state index is -0.365. The molecule has 19 heavy (non-hydrogen) atoms. The summed E-state index contributed by atoms with van der Waals surface area (Å²) >= 11 is 0. The minimum absolute atomic E-state index is 0.109. The molecular weight excluding hydrogens is 242 g/mol. The molecule has 0 aromatic heterocycles. The van der Waals surface area contributed by atoms with Crippen LogP contribution in [0.2, 0.25) is 0 Å². The van der Waals surface area contributed by atoms with Crippen LogP contribution in [0.4, 0.5) is 0 Å². The molecule has 5 nitrogen and oxygen atoms in total. The van der Waals surface area contributed by atoms with Crippen molar-refractivity contribution in [2.24, 2.45) is 17.6 Å². The smallest absolute Gasteiger partial charge is 0.239 e. The highest BCUT2D eigenvalue weighted by atomic mass is 16.5. The molecule has 0 aromatic carbocycles. The zero-order valence-electron chi connectivity index (χ0n) is 12.3. The van der Waals surface area contributed by atoms with Crippen molar-refractivity contribution in [3.8, 4) is 0 Å². The van der Waals surface area contributed by atoms with Gasteiger partial charge in [-0.25, -0.2) is 0 Å². The molecule has 3 atom stereocenters. The van der Waals surface area contributed by atoms with Gasteiger partial charge in [-0.2, -0.15) is 0 Å². The molecular formula is C14H27N3O2. The van der Waals surface area contributed by atoms with Crippen LogP contribution in [0, 0.1) is 11.8 Å². The summed E-state index contributed by atoms with van der Waals surface area (Å²) in [6, 6.07) is 0.0999. The Morgan fingerprint density at radius 3 is 2.47 bits per heavy atom. The van der Waals surface area contributed by atoms with Crippen molar-refractivity contribution in [3.63, 3.8) is 0 Å².